The van der Waals surface area contributed by atoms with Gasteiger partial charge in [-0.25, -0.2) is 13.6 Å². The first kappa shape index (κ1) is 11.7. The fourth-order valence-corrected chi connectivity index (χ4v) is 1.36. The lowest BCUT2D eigenvalue weighted by Gasteiger charge is -2.28. The van der Waals surface area contributed by atoms with E-state index in [1.54, 1.807) is 13.8 Å². The molecule has 1 rings (SSSR count). The number of allylic oxidation sites excluding steroid dienone is 2. The Morgan fingerprint density at radius 1 is 1.53 bits per heavy atom. The van der Waals surface area contributed by atoms with Gasteiger partial charge in [-0.05, 0) is 32.4 Å². The van der Waals surface area contributed by atoms with Crippen LogP contribution in [0, 0.1) is 0 Å². The van der Waals surface area contributed by atoms with Gasteiger partial charge in [0.25, 0.3) is 0 Å². The molecule has 0 saturated carbocycles. The van der Waals surface area contributed by atoms with Gasteiger partial charge in [0.15, 0.2) is 11.7 Å². The van der Waals surface area contributed by atoms with Gasteiger partial charge in [0.05, 0.1) is 5.54 Å². The van der Waals surface area contributed by atoms with Gasteiger partial charge >= 0.3 is 6.03 Å². The summed E-state index contributed by atoms with van der Waals surface area (Å²) in [7, 11) is 0. The number of halogens is 2. The molecule has 2 amide bonds. The van der Waals surface area contributed by atoms with E-state index in [1.165, 1.54) is 0 Å². The van der Waals surface area contributed by atoms with Crippen molar-refractivity contribution in [3.05, 3.63) is 23.8 Å². The zero-order valence-electron chi connectivity index (χ0n) is 8.73. The van der Waals surface area contributed by atoms with Crippen molar-refractivity contribution >= 4 is 6.03 Å². The Morgan fingerprint density at radius 2 is 2.20 bits per heavy atom. The van der Waals surface area contributed by atoms with Crippen molar-refractivity contribution in [1.82, 2.24) is 10.6 Å². The van der Waals surface area contributed by atoms with E-state index in [9.17, 15) is 13.6 Å². The van der Waals surface area contributed by atoms with E-state index in [4.69, 9.17) is 0 Å². The molecule has 2 N–H and O–H groups in total. The van der Waals surface area contributed by atoms with Crippen LogP contribution in [0.5, 0.6) is 0 Å². The summed E-state index contributed by atoms with van der Waals surface area (Å²) in [5.74, 6) is -1.80. The van der Waals surface area contributed by atoms with E-state index >= 15 is 0 Å². The Hall–Kier alpha value is -1.39. The summed E-state index contributed by atoms with van der Waals surface area (Å²) >= 11 is 0. The second-order valence-corrected chi connectivity index (χ2v) is 3.65. The lowest BCUT2D eigenvalue weighted by atomic mass is 9.93. The quantitative estimate of drug-likeness (QED) is 0.729. The average molecular weight is 216 g/mol. The van der Waals surface area contributed by atoms with Gasteiger partial charge in [-0.15, -0.1) is 0 Å². The summed E-state index contributed by atoms with van der Waals surface area (Å²) < 4.78 is 25.7. The van der Waals surface area contributed by atoms with E-state index in [0.717, 1.165) is 12.2 Å². The third kappa shape index (κ3) is 3.04. The van der Waals surface area contributed by atoms with E-state index in [0.29, 0.717) is 6.54 Å². The van der Waals surface area contributed by atoms with Crippen LogP contribution < -0.4 is 10.6 Å². The second kappa shape index (κ2) is 4.42. The Morgan fingerprint density at radius 3 is 2.73 bits per heavy atom. The Bertz CT molecular complexity index is 325. The smallest absolute Gasteiger partial charge is 0.315 e. The SMILES string of the molecule is CCNC(=O)NC1(C)C=C(F)C(F)=CC1. The standard InChI is InChI=1S/C10H14F2N2O/c1-3-13-9(15)14-10(2)5-4-7(11)8(12)6-10/h4,6H,3,5H2,1-2H3,(H2,13,14,15). The molecule has 0 aromatic rings. The van der Waals surface area contributed by atoms with Crippen LogP contribution in [0.1, 0.15) is 20.3 Å². The predicted octanol–water partition coefficient (Wildman–Crippen LogP) is 2.17. The first-order chi connectivity index (χ1) is 6.97. The van der Waals surface area contributed by atoms with E-state index in [1.807, 2.05) is 0 Å². The zero-order chi connectivity index (χ0) is 11.5. The first-order valence-corrected chi connectivity index (χ1v) is 4.77. The summed E-state index contributed by atoms with van der Waals surface area (Å²) in [4.78, 5) is 11.2. The molecule has 0 aromatic carbocycles. The van der Waals surface area contributed by atoms with Crippen molar-refractivity contribution in [1.29, 1.82) is 0 Å². The number of amides is 2. The maximum atomic E-state index is 13.0. The molecule has 0 radical (unpaired) electrons. The highest BCUT2D eigenvalue weighted by atomic mass is 19.2. The Labute approximate surface area is 87.2 Å². The van der Waals surface area contributed by atoms with Gasteiger partial charge in [-0.3, -0.25) is 0 Å². The monoisotopic (exact) mass is 216 g/mol. The van der Waals surface area contributed by atoms with Crippen molar-refractivity contribution in [2.45, 2.75) is 25.8 Å². The number of urea groups is 1. The Kier molecular flexibility index (Phi) is 3.44. The van der Waals surface area contributed by atoms with Crippen LogP contribution in [0.15, 0.2) is 23.8 Å². The summed E-state index contributed by atoms with van der Waals surface area (Å²) in [5.41, 5.74) is -0.862. The molecule has 0 heterocycles. The molecular weight excluding hydrogens is 202 g/mol. The van der Waals surface area contributed by atoms with Crippen LogP contribution in [0.25, 0.3) is 0 Å². The molecule has 0 saturated heterocycles. The van der Waals surface area contributed by atoms with Crippen molar-refractivity contribution in [2.75, 3.05) is 6.54 Å². The predicted molar refractivity (Wildman–Crippen MR) is 53.6 cm³/mol. The van der Waals surface area contributed by atoms with E-state index in [2.05, 4.69) is 10.6 Å². The van der Waals surface area contributed by atoms with Crippen LogP contribution in [-0.2, 0) is 0 Å². The minimum atomic E-state index is -0.930. The van der Waals surface area contributed by atoms with Crippen LogP contribution in [-0.4, -0.2) is 18.1 Å². The maximum Gasteiger partial charge on any atom is 0.315 e. The molecular formula is C10H14F2N2O. The summed E-state index contributed by atoms with van der Waals surface area (Å²) in [6.07, 6.45) is 2.45. The maximum absolute atomic E-state index is 13.0. The molecule has 0 aromatic heterocycles. The fourth-order valence-electron chi connectivity index (χ4n) is 1.36. The third-order valence-electron chi connectivity index (χ3n) is 2.12. The van der Waals surface area contributed by atoms with Gasteiger partial charge in [-0.2, -0.15) is 0 Å². The minimum Gasteiger partial charge on any atom is -0.338 e. The highest BCUT2D eigenvalue weighted by molar-refractivity contribution is 5.75. The van der Waals surface area contributed by atoms with Crippen LogP contribution in [0.4, 0.5) is 13.6 Å². The van der Waals surface area contributed by atoms with Crippen LogP contribution in [0.2, 0.25) is 0 Å². The molecule has 1 unspecified atom stereocenters. The first-order valence-electron chi connectivity index (χ1n) is 4.77. The molecule has 15 heavy (non-hydrogen) atoms. The lowest BCUT2D eigenvalue weighted by Crippen LogP contribution is -2.49. The molecule has 0 spiro atoms. The number of carbonyl (C=O) groups is 1. The minimum absolute atomic E-state index is 0.239. The van der Waals surface area contributed by atoms with Gasteiger partial charge in [-0.1, -0.05) is 0 Å². The molecule has 0 bridgehead atoms. The molecule has 0 fully saturated rings. The number of hydrogen-bond donors (Lipinski definition) is 2. The third-order valence-corrected chi connectivity index (χ3v) is 2.12. The normalized spacial score (nSPS) is 25.3. The number of nitrogens with one attached hydrogen (secondary N) is 2. The number of carbonyl (C=O) groups excluding carboxylic acids is 1. The summed E-state index contributed by atoms with van der Waals surface area (Å²) in [6, 6.07) is -0.389. The molecule has 5 heteroatoms. The topological polar surface area (TPSA) is 41.1 Å². The van der Waals surface area contributed by atoms with Crippen LogP contribution in [0.3, 0.4) is 0 Å². The highest BCUT2D eigenvalue weighted by Crippen LogP contribution is 2.27. The number of hydrogen-bond acceptors (Lipinski definition) is 1. The largest absolute Gasteiger partial charge is 0.338 e. The Balaban J connectivity index is 2.66. The summed E-state index contributed by atoms with van der Waals surface area (Å²) in [5, 5.41) is 5.10. The molecule has 1 aliphatic rings. The number of rotatable bonds is 2. The zero-order valence-corrected chi connectivity index (χ0v) is 8.73. The molecule has 84 valence electrons. The molecule has 3 nitrogen and oxygen atoms in total. The van der Waals surface area contributed by atoms with E-state index < -0.39 is 17.2 Å². The van der Waals surface area contributed by atoms with E-state index in [-0.39, 0.29) is 12.5 Å². The fraction of sp³-hybridized carbons (Fsp3) is 0.500. The molecule has 1 aliphatic carbocycles. The van der Waals surface area contributed by atoms with Crippen molar-refractivity contribution in [2.24, 2.45) is 0 Å². The molecule has 1 atom stereocenters. The second-order valence-electron chi connectivity index (χ2n) is 3.65. The van der Waals surface area contributed by atoms with Gasteiger partial charge in [0, 0.05) is 6.54 Å². The van der Waals surface area contributed by atoms with Gasteiger partial charge in [0.1, 0.15) is 0 Å². The molecule has 0 aliphatic heterocycles. The van der Waals surface area contributed by atoms with Crippen LogP contribution >= 0.6 is 0 Å². The van der Waals surface area contributed by atoms with Crippen molar-refractivity contribution < 1.29 is 13.6 Å². The van der Waals surface area contributed by atoms with Crippen molar-refractivity contribution in [3.63, 3.8) is 0 Å². The lowest BCUT2D eigenvalue weighted by molar-refractivity contribution is 0.233. The summed E-state index contributed by atoms with van der Waals surface area (Å²) in [6.45, 7) is 3.89. The average Bonchev–Trinajstić information content (AvgIpc) is 2.12. The van der Waals surface area contributed by atoms with Gasteiger partial charge < -0.3 is 10.6 Å². The van der Waals surface area contributed by atoms with Crippen molar-refractivity contribution in [3.8, 4) is 0 Å². The van der Waals surface area contributed by atoms with Gasteiger partial charge in [0.2, 0.25) is 0 Å². The highest BCUT2D eigenvalue weighted by Gasteiger charge is 2.28.